The number of methoxy groups -OCH3 is 2. The van der Waals surface area contributed by atoms with E-state index in [0.717, 1.165) is 29.8 Å². The van der Waals surface area contributed by atoms with Crippen molar-refractivity contribution in [2.24, 2.45) is 0 Å². The van der Waals surface area contributed by atoms with Crippen molar-refractivity contribution in [2.75, 3.05) is 20.8 Å². The molecule has 0 amide bonds. The maximum atomic E-state index is 6.50. The van der Waals surface area contributed by atoms with Crippen molar-refractivity contribution >= 4 is 11.6 Å². The summed E-state index contributed by atoms with van der Waals surface area (Å²) in [6, 6.07) is 20.2. The topological polar surface area (TPSA) is 39.7 Å². The van der Waals surface area contributed by atoms with Crippen LogP contribution < -0.4 is 19.5 Å². The van der Waals surface area contributed by atoms with Gasteiger partial charge < -0.3 is 19.5 Å². The first-order valence-corrected chi connectivity index (χ1v) is 10.4. The fraction of sp³-hybridized carbons (Fsp3) is 0.280. The highest BCUT2D eigenvalue weighted by molar-refractivity contribution is 6.32. The molecule has 158 valence electrons. The van der Waals surface area contributed by atoms with Gasteiger partial charge >= 0.3 is 0 Å². The van der Waals surface area contributed by atoms with Crippen LogP contribution in [0.1, 0.15) is 22.3 Å². The van der Waals surface area contributed by atoms with E-state index in [-0.39, 0.29) is 0 Å². The highest BCUT2D eigenvalue weighted by Crippen LogP contribution is 2.37. The average Bonchev–Trinajstić information content (AvgIpc) is 2.77. The third-order valence-corrected chi connectivity index (χ3v) is 5.17. The van der Waals surface area contributed by atoms with Gasteiger partial charge in [0.05, 0.1) is 19.2 Å². The molecular weight excluding hydrogens is 398 g/mol. The lowest BCUT2D eigenvalue weighted by Crippen LogP contribution is -2.17. The third kappa shape index (κ3) is 5.91. The Morgan fingerprint density at radius 2 is 1.60 bits per heavy atom. The molecule has 0 fully saturated rings. The van der Waals surface area contributed by atoms with Gasteiger partial charge in [0.2, 0.25) is 0 Å². The van der Waals surface area contributed by atoms with Gasteiger partial charge in [-0.15, -0.1) is 0 Å². The van der Waals surface area contributed by atoms with Crippen molar-refractivity contribution in [1.82, 2.24) is 5.32 Å². The van der Waals surface area contributed by atoms with E-state index in [9.17, 15) is 0 Å². The Morgan fingerprint density at radius 3 is 2.33 bits per heavy atom. The molecule has 3 aromatic rings. The largest absolute Gasteiger partial charge is 0.496 e. The fourth-order valence-corrected chi connectivity index (χ4v) is 3.51. The molecule has 30 heavy (non-hydrogen) atoms. The van der Waals surface area contributed by atoms with E-state index in [1.165, 1.54) is 11.1 Å². The summed E-state index contributed by atoms with van der Waals surface area (Å²) in [5.74, 6) is 2.12. The van der Waals surface area contributed by atoms with E-state index in [1.54, 1.807) is 14.2 Å². The van der Waals surface area contributed by atoms with Gasteiger partial charge in [0, 0.05) is 6.54 Å². The number of para-hydroxylation sites is 1. The Bertz CT molecular complexity index is 957. The van der Waals surface area contributed by atoms with E-state index in [2.05, 4.69) is 42.6 Å². The number of hydrogen-bond acceptors (Lipinski definition) is 4. The van der Waals surface area contributed by atoms with E-state index >= 15 is 0 Å². The van der Waals surface area contributed by atoms with E-state index < -0.39 is 0 Å². The zero-order valence-corrected chi connectivity index (χ0v) is 18.5. The molecule has 0 unspecified atom stereocenters. The molecule has 0 aliphatic rings. The molecule has 0 radical (unpaired) electrons. The van der Waals surface area contributed by atoms with Crippen molar-refractivity contribution in [2.45, 2.75) is 26.5 Å². The van der Waals surface area contributed by atoms with Crippen LogP contribution in [-0.4, -0.2) is 20.8 Å². The summed E-state index contributed by atoms with van der Waals surface area (Å²) >= 11 is 6.50. The average molecular weight is 426 g/mol. The molecule has 0 saturated carbocycles. The van der Waals surface area contributed by atoms with Crippen LogP contribution in [0.2, 0.25) is 5.02 Å². The molecule has 0 aromatic heterocycles. The van der Waals surface area contributed by atoms with Gasteiger partial charge in [0.1, 0.15) is 12.4 Å². The van der Waals surface area contributed by atoms with Crippen molar-refractivity contribution in [3.63, 3.8) is 0 Å². The van der Waals surface area contributed by atoms with Gasteiger partial charge in [0.15, 0.2) is 11.5 Å². The fourth-order valence-electron chi connectivity index (χ4n) is 3.22. The number of aryl methyl sites for hydroxylation is 1. The second kappa shape index (κ2) is 10.9. The number of nitrogens with one attached hydrogen (secondary N) is 1. The van der Waals surface area contributed by atoms with Gasteiger partial charge in [-0.25, -0.2) is 0 Å². The highest BCUT2D eigenvalue weighted by atomic mass is 35.5. The number of hydrogen-bond donors (Lipinski definition) is 1. The van der Waals surface area contributed by atoms with Crippen LogP contribution >= 0.6 is 11.6 Å². The molecule has 3 rings (SSSR count). The number of halogens is 1. The van der Waals surface area contributed by atoms with E-state index in [1.807, 2.05) is 30.3 Å². The van der Waals surface area contributed by atoms with E-state index in [4.69, 9.17) is 25.8 Å². The second-order valence-electron chi connectivity index (χ2n) is 7.12. The molecule has 0 aliphatic heterocycles. The van der Waals surface area contributed by atoms with Gasteiger partial charge in [-0.3, -0.25) is 0 Å². The molecule has 0 atom stereocenters. The first-order valence-electron chi connectivity index (χ1n) is 9.98. The molecule has 0 aliphatic carbocycles. The molecule has 3 aromatic carbocycles. The summed E-state index contributed by atoms with van der Waals surface area (Å²) in [6.07, 6.45) is 0.882. The summed E-state index contributed by atoms with van der Waals surface area (Å²) in [4.78, 5) is 0. The monoisotopic (exact) mass is 425 g/mol. The molecule has 0 saturated heterocycles. The molecule has 4 nitrogen and oxygen atoms in total. The molecule has 5 heteroatoms. The Hall–Kier alpha value is -2.69. The lowest BCUT2D eigenvalue weighted by atomic mass is 10.1. The van der Waals surface area contributed by atoms with E-state index in [0.29, 0.717) is 29.7 Å². The van der Waals surface area contributed by atoms with Crippen LogP contribution in [0.4, 0.5) is 0 Å². The SMILES string of the molecule is COc1ccccc1CCNCc1cc(Cl)c(OCc2ccc(C)cc2)c(OC)c1. The van der Waals surface area contributed by atoms with Crippen LogP contribution in [-0.2, 0) is 19.6 Å². The van der Waals surface area contributed by atoms with Gasteiger partial charge in [-0.1, -0.05) is 59.6 Å². The summed E-state index contributed by atoms with van der Waals surface area (Å²) < 4.78 is 16.9. The third-order valence-electron chi connectivity index (χ3n) is 4.89. The standard InChI is InChI=1S/C25H28ClNO3/c1-18-8-10-19(11-9-18)17-30-25-22(26)14-20(15-24(25)29-3)16-27-13-12-21-6-4-5-7-23(21)28-2/h4-11,14-15,27H,12-13,16-17H2,1-3H3. The Labute approximate surface area is 183 Å². The molecule has 0 spiro atoms. The minimum atomic E-state index is 0.437. The minimum absolute atomic E-state index is 0.437. The van der Waals surface area contributed by atoms with Gasteiger partial charge in [-0.05, 0) is 54.8 Å². The first kappa shape index (κ1) is 22.0. The number of benzene rings is 3. The van der Waals surface area contributed by atoms with Crippen LogP contribution in [0, 0.1) is 6.92 Å². The number of rotatable bonds is 10. The Kier molecular flexibility index (Phi) is 8.00. The van der Waals surface area contributed by atoms with Crippen molar-refractivity contribution in [1.29, 1.82) is 0 Å². The highest BCUT2D eigenvalue weighted by Gasteiger charge is 2.12. The van der Waals surface area contributed by atoms with Gasteiger partial charge in [-0.2, -0.15) is 0 Å². The van der Waals surface area contributed by atoms with Gasteiger partial charge in [0.25, 0.3) is 0 Å². The Balaban J connectivity index is 1.58. The van der Waals surface area contributed by atoms with Crippen LogP contribution in [0.3, 0.4) is 0 Å². The van der Waals surface area contributed by atoms with Crippen molar-refractivity contribution in [3.05, 3.63) is 87.9 Å². The van der Waals surface area contributed by atoms with Crippen molar-refractivity contribution in [3.8, 4) is 17.2 Å². The Morgan fingerprint density at radius 1 is 0.867 bits per heavy atom. The summed E-state index contributed by atoms with van der Waals surface area (Å²) in [5.41, 5.74) is 4.53. The lowest BCUT2D eigenvalue weighted by molar-refractivity contribution is 0.284. The molecule has 1 N–H and O–H groups in total. The zero-order valence-electron chi connectivity index (χ0n) is 17.7. The lowest BCUT2D eigenvalue weighted by Gasteiger charge is -2.15. The predicted octanol–water partition coefficient (Wildman–Crippen LogP) is 5.58. The normalized spacial score (nSPS) is 10.7. The quantitative estimate of drug-likeness (QED) is 0.430. The second-order valence-corrected chi connectivity index (χ2v) is 7.53. The summed E-state index contributed by atoms with van der Waals surface area (Å²) in [7, 11) is 3.33. The molecule has 0 bridgehead atoms. The zero-order chi connectivity index (χ0) is 21.3. The van der Waals surface area contributed by atoms with Crippen molar-refractivity contribution < 1.29 is 14.2 Å². The summed E-state index contributed by atoms with van der Waals surface area (Å²) in [6.45, 7) is 4.01. The maximum absolute atomic E-state index is 6.50. The maximum Gasteiger partial charge on any atom is 0.180 e. The predicted molar refractivity (Wildman–Crippen MR) is 122 cm³/mol. The van der Waals surface area contributed by atoms with Crippen LogP contribution in [0.25, 0.3) is 0 Å². The smallest absolute Gasteiger partial charge is 0.180 e. The minimum Gasteiger partial charge on any atom is -0.496 e. The summed E-state index contributed by atoms with van der Waals surface area (Å²) in [5, 5.41) is 4.00. The first-order chi connectivity index (χ1) is 14.6. The molecule has 0 heterocycles. The van der Waals surface area contributed by atoms with Crippen LogP contribution in [0.5, 0.6) is 17.2 Å². The molecular formula is C25H28ClNO3. The van der Waals surface area contributed by atoms with Crippen LogP contribution in [0.15, 0.2) is 60.7 Å². The number of ether oxygens (including phenoxy) is 3.